The van der Waals surface area contributed by atoms with E-state index in [9.17, 15) is 0 Å². The van der Waals surface area contributed by atoms with Gasteiger partial charge in [-0.25, -0.2) is 9.97 Å². The predicted octanol–water partition coefficient (Wildman–Crippen LogP) is 6.87. The quantitative estimate of drug-likeness (QED) is 0.200. The smallest absolute Gasteiger partial charge is 0.0977 e. The van der Waals surface area contributed by atoms with Crippen molar-refractivity contribution >= 4 is 40.2 Å². The van der Waals surface area contributed by atoms with Crippen molar-refractivity contribution in [1.29, 1.82) is 0 Å². The zero-order valence-corrected chi connectivity index (χ0v) is 19.5. The van der Waals surface area contributed by atoms with Crippen LogP contribution in [0.3, 0.4) is 0 Å². The Labute approximate surface area is 197 Å². The van der Waals surface area contributed by atoms with Gasteiger partial charge in [0, 0.05) is 24.8 Å². The molecule has 6 aromatic rings. The van der Waals surface area contributed by atoms with E-state index >= 15 is 0 Å². The number of fused-ring (bicyclic) bond motifs is 2. The van der Waals surface area contributed by atoms with Crippen molar-refractivity contribution in [3.8, 4) is 11.4 Å². The first-order valence-corrected chi connectivity index (χ1v) is 13.8. The first-order valence-electron chi connectivity index (χ1n) is 9.52. The van der Waals surface area contributed by atoms with Crippen LogP contribution < -0.4 is 0 Å². The third-order valence-electron chi connectivity index (χ3n) is 4.81. The van der Waals surface area contributed by atoms with Crippen LogP contribution in [0.25, 0.3) is 32.9 Å². The standard InChI is InChI=1S/2C12H9N2.2ClH.Ti/c2*1-2-4-11-8-12(7-10(11)3-1)14-6-5-13-9-14;;;/h2*1-9H;2*1H;/q2*-1;;;+2/p-2. The zero-order chi connectivity index (χ0) is 21.5. The van der Waals surface area contributed by atoms with Crippen LogP contribution in [0.4, 0.5) is 0 Å². The first kappa shape index (κ1) is 21.6. The molecule has 0 bridgehead atoms. The van der Waals surface area contributed by atoms with Crippen molar-refractivity contribution in [3.63, 3.8) is 0 Å². The molecule has 2 heterocycles. The van der Waals surface area contributed by atoms with E-state index in [2.05, 4.69) is 82.8 Å². The Morgan fingerprint density at radius 1 is 0.677 bits per heavy atom. The fraction of sp³-hybridized carbons (Fsp3) is 0. The molecular formula is C24H18Cl2N4Ti-2. The molecule has 0 spiro atoms. The Morgan fingerprint density at radius 3 is 1.45 bits per heavy atom. The summed E-state index contributed by atoms with van der Waals surface area (Å²) < 4.78 is 4.03. The van der Waals surface area contributed by atoms with Crippen LogP contribution in [0.2, 0.25) is 0 Å². The molecular weight excluding hydrogens is 463 g/mol. The maximum Gasteiger partial charge on any atom is 0.0977 e. The Hall–Kier alpha value is -2.63. The molecule has 0 atom stereocenters. The molecule has 0 N–H and O–H groups in total. The van der Waals surface area contributed by atoms with Crippen molar-refractivity contribution in [2.24, 2.45) is 0 Å². The maximum absolute atomic E-state index is 4.89. The molecule has 0 aliphatic carbocycles. The number of aromatic nitrogens is 4. The van der Waals surface area contributed by atoms with E-state index in [4.69, 9.17) is 18.6 Å². The van der Waals surface area contributed by atoms with E-state index in [1.165, 1.54) is 32.9 Å². The molecule has 0 amide bonds. The number of halogens is 2. The molecule has 31 heavy (non-hydrogen) atoms. The third-order valence-corrected chi connectivity index (χ3v) is 4.81. The average molecular weight is 481 g/mol. The van der Waals surface area contributed by atoms with Crippen molar-refractivity contribution in [1.82, 2.24) is 19.1 Å². The van der Waals surface area contributed by atoms with Crippen LogP contribution in [0.1, 0.15) is 0 Å². The summed E-state index contributed by atoms with van der Waals surface area (Å²) in [5, 5.41) is 5.10. The largest absolute Gasteiger partial charge is 0.325 e. The van der Waals surface area contributed by atoms with Crippen molar-refractivity contribution in [2.75, 3.05) is 0 Å². The van der Waals surface area contributed by atoms with E-state index in [0.717, 1.165) is 0 Å². The summed E-state index contributed by atoms with van der Waals surface area (Å²) in [6.45, 7) is 0. The SMILES string of the molecule is [Cl][Ti][Cl].c1ccc2[cH-]c(-n3ccnc3)cc2c1.c1ccc2[cH-]c(-n3ccnc3)cc2c1. The number of hydrogen-bond donors (Lipinski definition) is 0. The second-order valence-electron chi connectivity index (χ2n) is 6.70. The number of hydrogen-bond acceptors (Lipinski definition) is 2. The Kier molecular flexibility index (Phi) is 7.39. The molecule has 0 aliphatic heterocycles. The molecule has 2 aromatic heterocycles. The van der Waals surface area contributed by atoms with E-state index in [1.807, 2.05) is 34.2 Å². The normalized spacial score (nSPS) is 10.3. The summed E-state index contributed by atoms with van der Waals surface area (Å²) in [5.41, 5.74) is 2.34. The van der Waals surface area contributed by atoms with Crippen LogP contribution in [0, 0.1) is 0 Å². The van der Waals surface area contributed by atoms with Crippen LogP contribution in [0.5, 0.6) is 0 Å². The topological polar surface area (TPSA) is 35.6 Å². The molecule has 7 heteroatoms. The van der Waals surface area contributed by atoms with Gasteiger partial charge in [0.25, 0.3) is 0 Å². The van der Waals surface area contributed by atoms with Gasteiger partial charge in [-0.3, -0.25) is 0 Å². The summed E-state index contributed by atoms with van der Waals surface area (Å²) >= 11 is -0.556. The molecule has 0 fully saturated rings. The minimum absolute atomic E-state index is 0.556. The van der Waals surface area contributed by atoms with E-state index in [-0.39, 0.29) is 0 Å². The van der Waals surface area contributed by atoms with E-state index in [1.54, 1.807) is 12.4 Å². The van der Waals surface area contributed by atoms with Gasteiger partial charge in [-0.05, 0) is 11.4 Å². The summed E-state index contributed by atoms with van der Waals surface area (Å²) in [6, 6.07) is 25.4. The van der Waals surface area contributed by atoms with Gasteiger partial charge in [0.1, 0.15) is 0 Å². The second-order valence-corrected chi connectivity index (χ2v) is 9.28. The molecule has 0 unspecified atom stereocenters. The Balaban J connectivity index is 0.000000133. The maximum atomic E-state index is 4.89. The second kappa shape index (κ2) is 10.6. The van der Waals surface area contributed by atoms with Crippen LogP contribution >= 0.6 is 18.6 Å². The predicted molar refractivity (Wildman–Crippen MR) is 125 cm³/mol. The number of nitrogens with zero attached hydrogens (tertiary/aromatic N) is 4. The molecule has 0 saturated heterocycles. The molecule has 154 valence electrons. The number of rotatable bonds is 2. The Morgan fingerprint density at radius 2 is 1.10 bits per heavy atom. The van der Waals surface area contributed by atoms with Gasteiger partial charge in [0.05, 0.1) is 12.7 Å². The van der Waals surface area contributed by atoms with Gasteiger partial charge in [-0.2, -0.15) is 0 Å². The zero-order valence-electron chi connectivity index (χ0n) is 16.4. The summed E-state index contributed by atoms with van der Waals surface area (Å²) in [4.78, 5) is 8.06. The molecule has 0 radical (unpaired) electrons. The minimum atomic E-state index is -0.556. The minimum Gasteiger partial charge on any atom is -0.325 e. The van der Waals surface area contributed by atoms with E-state index < -0.39 is 17.0 Å². The molecule has 4 aromatic carbocycles. The number of benzene rings is 2. The average Bonchev–Trinajstić information content (AvgIpc) is 3.60. The first-order chi connectivity index (χ1) is 15.3. The summed E-state index contributed by atoms with van der Waals surface area (Å²) in [6.07, 6.45) is 11.1. The van der Waals surface area contributed by atoms with Crippen molar-refractivity contribution in [2.45, 2.75) is 0 Å². The monoisotopic (exact) mass is 480 g/mol. The van der Waals surface area contributed by atoms with Crippen molar-refractivity contribution in [3.05, 3.63) is 110 Å². The van der Waals surface area contributed by atoms with Gasteiger partial charge < -0.3 is 9.13 Å². The van der Waals surface area contributed by atoms with E-state index in [0.29, 0.717) is 0 Å². The van der Waals surface area contributed by atoms with Crippen LogP contribution in [-0.4, -0.2) is 19.1 Å². The fourth-order valence-electron chi connectivity index (χ4n) is 3.39. The van der Waals surface area contributed by atoms with Gasteiger partial charge >= 0.3 is 35.6 Å². The summed E-state index contributed by atoms with van der Waals surface area (Å²) in [5.74, 6) is 0. The van der Waals surface area contributed by atoms with Crippen LogP contribution in [0.15, 0.2) is 110 Å². The molecule has 0 saturated carbocycles. The molecule has 6 rings (SSSR count). The summed E-state index contributed by atoms with van der Waals surface area (Å²) in [7, 11) is 9.78. The van der Waals surface area contributed by atoms with Gasteiger partial charge in [0.2, 0.25) is 0 Å². The fourth-order valence-corrected chi connectivity index (χ4v) is 3.39. The van der Waals surface area contributed by atoms with Gasteiger partial charge in [0.15, 0.2) is 0 Å². The molecule has 4 nitrogen and oxygen atoms in total. The van der Waals surface area contributed by atoms with Gasteiger partial charge in [-0.1, -0.05) is 12.1 Å². The van der Waals surface area contributed by atoms with Crippen LogP contribution in [-0.2, 0) is 17.0 Å². The van der Waals surface area contributed by atoms with Crippen molar-refractivity contribution < 1.29 is 17.0 Å². The number of imidazole rings is 2. The third kappa shape index (κ3) is 5.35. The van der Waals surface area contributed by atoms with Gasteiger partial charge in [-0.15, -0.1) is 82.2 Å². The molecule has 0 aliphatic rings. The Bertz CT molecular complexity index is 1160.